The minimum absolute atomic E-state index is 0.0196. The summed E-state index contributed by atoms with van der Waals surface area (Å²) in [5.41, 5.74) is 1.04. The molecule has 14 heavy (non-hydrogen) atoms. The summed E-state index contributed by atoms with van der Waals surface area (Å²) in [6.07, 6.45) is 0.509. The van der Waals surface area contributed by atoms with Crippen molar-refractivity contribution in [1.29, 1.82) is 0 Å². The lowest BCUT2D eigenvalue weighted by Crippen LogP contribution is -2.21. The molecule has 0 bridgehead atoms. The summed E-state index contributed by atoms with van der Waals surface area (Å²) in [5.74, 6) is 0.839. The molecule has 0 unspecified atom stereocenters. The number of benzene rings is 1. The van der Waals surface area contributed by atoms with Crippen molar-refractivity contribution in [2.24, 2.45) is 0 Å². The zero-order valence-electron chi connectivity index (χ0n) is 8.23. The summed E-state index contributed by atoms with van der Waals surface area (Å²) in [5, 5.41) is 13.0. The van der Waals surface area contributed by atoms with Gasteiger partial charge in [0.2, 0.25) is 0 Å². The molecule has 0 amide bonds. The van der Waals surface area contributed by atoms with Crippen LogP contribution >= 0.6 is 0 Å². The van der Waals surface area contributed by atoms with Gasteiger partial charge in [-0.1, -0.05) is 18.2 Å². The van der Waals surface area contributed by atoms with Crippen molar-refractivity contribution in [3.63, 3.8) is 0 Å². The Balaban J connectivity index is 2.30. The molecule has 1 fully saturated rings. The number of aliphatic hydroxyl groups is 1. The minimum atomic E-state index is -0.300. The van der Waals surface area contributed by atoms with Crippen LogP contribution in [-0.4, -0.2) is 24.9 Å². The van der Waals surface area contributed by atoms with Crippen LogP contribution in [0, 0.1) is 0 Å². The lowest BCUT2D eigenvalue weighted by atomic mass is 10.0. The molecule has 0 aromatic heterocycles. The van der Waals surface area contributed by atoms with Gasteiger partial charge in [-0.15, -0.1) is 0 Å². The van der Waals surface area contributed by atoms with Crippen LogP contribution < -0.4 is 10.1 Å². The van der Waals surface area contributed by atoms with Gasteiger partial charge in [-0.2, -0.15) is 0 Å². The Morgan fingerprint density at radius 2 is 2.21 bits per heavy atom. The van der Waals surface area contributed by atoms with E-state index in [4.69, 9.17) is 4.74 Å². The molecule has 3 nitrogen and oxygen atoms in total. The predicted octanol–water partition coefficient (Wildman–Crippen LogP) is 1.09. The average molecular weight is 193 g/mol. The fraction of sp³-hybridized carbons (Fsp3) is 0.455. The first kappa shape index (κ1) is 9.49. The molecule has 1 aromatic carbocycles. The Hall–Kier alpha value is -1.06. The fourth-order valence-corrected chi connectivity index (χ4v) is 1.93. The van der Waals surface area contributed by atoms with Gasteiger partial charge in [0.25, 0.3) is 0 Å². The van der Waals surface area contributed by atoms with Crippen LogP contribution in [0.1, 0.15) is 18.0 Å². The third-order valence-electron chi connectivity index (χ3n) is 2.66. The molecule has 2 atom stereocenters. The van der Waals surface area contributed by atoms with E-state index in [2.05, 4.69) is 5.32 Å². The van der Waals surface area contributed by atoms with Crippen LogP contribution in [-0.2, 0) is 0 Å². The lowest BCUT2D eigenvalue weighted by molar-refractivity contribution is 0.158. The van der Waals surface area contributed by atoms with E-state index in [-0.39, 0.29) is 12.1 Å². The van der Waals surface area contributed by atoms with E-state index in [1.165, 1.54) is 0 Å². The maximum absolute atomic E-state index is 9.74. The van der Waals surface area contributed by atoms with Gasteiger partial charge in [-0.25, -0.2) is 0 Å². The number of ether oxygens (including phenoxy) is 1. The number of hydrogen-bond acceptors (Lipinski definition) is 3. The monoisotopic (exact) mass is 193 g/mol. The second-order valence-electron chi connectivity index (χ2n) is 3.53. The van der Waals surface area contributed by atoms with Gasteiger partial charge >= 0.3 is 0 Å². The van der Waals surface area contributed by atoms with Gasteiger partial charge in [0.15, 0.2) is 0 Å². The quantitative estimate of drug-likeness (QED) is 0.738. The van der Waals surface area contributed by atoms with Crippen molar-refractivity contribution in [3.8, 4) is 5.75 Å². The summed E-state index contributed by atoms with van der Waals surface area (Å²) in [6.45, 7) is 0.865. The van der Waals surface area contributed by atoms with E-state index in [1.807, 2.05) is 24.3 Å². The summed E-state index contributed by atoms with van der Waals surface area (Å²) < 4.78 is 5.25. The summed E-state index contributed by atoms with van der Waals surface area (Å²) in [6, 6.07) is 7.83. The van der Waals surface area contributed by atoms with E-state index >= 15 is 0 Å². The van der Waals surface area contributed by atoms with Gasteiger partial charge in [-0.3, -0.25) is 0 Å². The Bertz CT molecular complexity index is 314. The molecule has 0 spiro atoms. The van der Waals surface area contributed by atoms with Gasteiger partial charge < -0.3 is 15.2 Å². The van der Waals surface area contributed by atoms with Gasteiger partial charge in [-0.05, 0) is 19.0 Å². The molecular formula is C11H15NO2. The summed E-state index contributed by atoms with van der Waals surface area (Å²) >= 11 is 0. The highest BCUT2D eigenvalue weighted by molar-refractivity contribution is 5.37. The first-order chi connectivity index (χ1) is 6.83. The normalized spacial score (nSPS) is 26.4. The van der Waals surface area contributed by atoms with Crippen LogP contribution in [0.15, 0.2) is 24.3 Å². The SMILES string of the molecule is COc1ccccc1[C@H]1NCC[C@@H]1O. The molecule has 2 rings (SSSR count). The second-order valence-corrected chi connectivity index (χ2v) is 3.53. The third-order valence-corrected chi connectivity index (χ3v) is 2.66. The van der Waals surface area contributed by atoms with Gasteiger partial charge in [0.1, 0.15) is 5.75 Å². The van der Waals surface area contributed by atoms with Crippen LogP contribution in [0.2, 0.25) is 0 Å². The van der Waals surface area contributed by atoms with Crippen LogP contribution in [0.3, 0.4) is 0 Å². The highest BCUT2D eigenvalue weighted by Gasteiger charge is 2.27. The van der Waals surface area contributed by atoms with Gasteiger partial charge in [0.05, 0.1) is 19.3 Å². The van der Waals surface area contributed by atoms with Crippen LogP contribution in [0.5, 0.6) is 5.75 Å². The van der Waals surface area contributed by atoms with E-state index < -0.39 is 0 Å². The Labute approximate surface area is 83.7 Å². The first-order valence-electron chi connectivity index (χ1n) is 4.87. The number of rotatable bonds is 2. The summed E-state index contributed by atoms with van der Waals surface area (Å²) in [7, 11) is 1.65. The maximum atomic E-state index is 9.74. The molecule has 2 N–H and O–H groups in total. The number of aliphatic hydroxyl groups excluding tert-OH is 1. The van der Waals surface area contributed by atoms with Crippen molar-refractivity contribution < 1.29 is 9.84 Å². The standard InChI is InChI=1S/C11H15NO2/c1-14-10-5-3-2-4-8(10)11-9(13)6-7-12-11/h2-5,9,11-13H,6-7H2,1H3/t9-,11+/m0/s1. The van der Waals surface area contributed by atoms with E-state index in [9.17, 15) is 5.11 Å². The molecule has 3 heteroatoms. The largest absolute Gasteiger partial charge is 0.496 e. The number of hydrogen-bond donors (Lipinski definition) is 2. The number of para-hydroxylation sites is 1. The van der Waals surface area contributed by atoms with Crippen molar-refractivity contribution in [1.82, 2.24) is 5.32 Å². The molecule has 1 aliphatic rings. The van der Waals surface area contributed by atoms with Crippen molar-refractivity contribution >= 4 is 0 Å². The zero-order chi connectivity index (χ0) is 9.97. The second kappa shape index (κ2) is 3.98. The Kier molecular flexibility index (Phi) is 2.70. The Morgan fingerprint density at radius 3 is 2.86 bits per heavy atom. The lowest BCUT2D eigenvalue weighted by Gasteiger charge is -2.17. The molecule has 1 aromatic rings. The molecule has 1 heterocycles. The third kappa shape index (κ3) is 1.61. The average Bonchev–Trinajstić information content (AvgIpc) is 2.64. The highest BCUT2D eigenvalue weighted by atomic mass is 16.5. The number of nitrogens with one attached hydrogen (secondary N) is 1. The van der Waals surface area contributed by atoms with Crippen molar-refractivity contribution in [3.05, 3.63) is 29.8 Å². The molecular weight excluding hydrogens is 178 g/mol. The van der Waals surface area contributed by atoms with E-state index in [1.54, 1.807) is 7.11 Å². The van der Waals surface area contributed by atoms with Crippen LogP contribution in [0.25, 0.3) is 0 Å². The molecule has 0 saturated carbocycles. The zero-order valence-corrected chi connectivity index (χ0v) is 8.23. The van der Waals surface area contributed by atoms with Crippen molar-refractivity contribution in [2.75, 3.05) is 13.7 Å². The minimum Gasteiger partial charge on any atom is -0.496 e. The molecule has 1 aliphatic heterocycles. The van der Waals surface area contributed by atoms with E-state index in [0.29, 0.717) is 0 Å². The summed E-state index contributed by atoms with van der Waals surface area (Å²) in [4.78, 5) is 0. The number of methoxy groups -OCH3 is 1. The van der Waals surface area contributed by atoms with E-state index in [0.717, 1.165) is 24.3 Å². The smallest absolute Gasteiger partial charge is 0.123 e. The molecule has 76 valence electrons. The molecule has 0 aliphatic carbocycles. The van der Waals surface area contributed by atoms with Crippen LogP contribution in [0.4, 0.5) is 0 Å². The molecule has 0 radical (unpaired) electrons. The topological polar surface area (TPSA) is 41.5 Å². The fourth-order valence-electron chi connectivity index (χ4n) is 1.93. The predicted molar refractivity (Wildman–Crippen MR) is 54.4 cm³/mol. The first-order valence-corrected chi connectivity index (χ1v) is 4.87. The maximum Gasteiger partial charge on any atom is 0.123 e. The Morgan fingerprint density at radius 1 is 1.43 bits per heavy atom. The van der Waals surface area contributed by atoms with Gasteiger partial charge in [0, 0.05) is 5.56 Å². The van der Waals surface area contributed by atoms with Crippen molar-refractivity contribution in [2.45, 2.75) is 18.6 Å². The molecule has 1 saturated heterocycles. The highest BCUT2D eigenvalue weighted by Crippen LogP contribution is 2.30.